The van der Waals surface area contributed by atoms with Crippen LogP contribution in [0.1, 0.15) is 19.3 Å². The summed E-state index contributed by atoms with van der Waals surface area (Å²) in [6.07, 6.45) is 4.08. The van der Waals surface area contributed by atoms with Crippen LogP contribution in [0.2, 0.25) is 0 Å². The lowest BCUT2D eigenvalue weighted by Crippen LogP contribution is -2.41. The molecule has 0 heterocycles. The van der Waals surface area contributed by atoms with Crippen molar-refractivity contribution in [2.45, 2.75) is 24.9 Å². The molecule has 0 unspecified atom stereocenters. The van der Waals surface area contributed by atoms with Crippen LogP contribution in [-0.4, -0.2) is 5.66 Å². The molecule has 1 aliphatic carbocycles. The van der Waals surface area contributed by atoms with Gasteiger partial charge in [-0.05, 0) is 55.7 Å². The standard InChI is InChI=1S/C22H22P.BrH/c1-4-11-19(12-5-1)23(22-17-10-18-22,20-13-6-2-7-14-20)21-15-8-3-9-16-21;/h1-9,11-16,22H,10,17-18H2;1H/q+1;. The first kappa shape index (κ1) is 17.4. The van der Waals surface area contributed by atoms with Gasteiger partial charge in [0.25, 0.3) is 0 Å². The predicted octanol–water partition coefficient (Wildman–Crippen LogP) is 5.11. The Morgan fingerprint density at radius 1 is 0.542 bits per heavy atom. The first-order valence-electron chi connectivity index (χ1n) is 8.48. The van der Waals surface area contributed by atoms with Crippen molar-refractivity contribution in [2.24, 2.45) is 0 Å². The molecule has 0 radical (unpaired) electrons. The summed E-state index contributed by atoms with van der Waals surface area (Å²) in [5.41, 5.74) is 0.787. The maximum atomic E-state index is 2.35. The molecule has 0 aliphatic heterocycles. The Balaban J connectivity index is 0.00000169. The lowest BCUT2D eigenvalue weighted by molar-refractivity contribution is 0.515. The summed E-state index contributed by atoms with van der Waals surface area (Å²) >= 11 is 0. The van der Waals surface area contributed by atoms with Gasteiger partial charge >= 0.3 is 0 Å². The molecule has 3 aromatic rings. The van der Waals surface area contributed by atoms with Crippen molar-refractivity contribution >= 4 is 40.2 Å². The Hall–Kier alpha value is -1.43. The fourth-order valence-corrected chi connectivity index (χ4v) is 9.07. The van der Waals surface area contributed by atoms with Crippen LogP contribution < -0.4 is 15.9 Å². The SMILES string of the molecule is Br.c1ccc([P+](c2ccccc2)(c2ccccc2)C2CCC2)cc1. The molecule has 0 aromatic heterocycles. The molecule has 1 saturated carbocycles. The Morgan fingerprint density at radius 2 is 0.875 bits per heavy atom. The molecule has 0 bridgehead atoms. The van der Waals surface area contributed by atoms with Crippen molar-refractivity contribution in [3.63, 3.8) is 0 Å². The average molecular weight is 398 g/mol. The topological polar surface area (TPSA) is 0 Å². The summed E-state index contributed by atoms with van der Waals surface area (Å²) in [7, 11) is -1.56. The van der Waals surface area contributed by atoms with E-state index in [1.165, 1.54) is 35.2 Å². The number of benzene rings is 3. The van der Waals surface area contributed by atoms with Crippen molar-refractivity contribution < 1.29 is 0 Å². The van der Waals surface area contributed by atoms with Gasteiger partial charge in [-0.25, -0.2) is 0 Å². The van der Waals surface area contributed by atoms with Gasteiger partial charge in [0.15, 0.2) is 0 Å². The van der Waals surface area contributed by atoms with Crippen LogP contribution in [-0.2, 0) is 0 Å². The molecule has 0 saturated heterocycles. The van der Waals surface area contributed by atoms with Gasteiger partial charge in [0.2, 0.25) is 0 Å². The molecule has 0 N–H and O–H groups in total. The van der Waals surface area contributed by atoms with Crippen LogP contribution in [0.5, 0.6) is 0 Å². The fraction of sp³-hybridized carbons (Fsp3) is 0.182. The highest BCUT2D eigenvalue weighted by Crippen LogP contribution is 2.65. The molecule has 0 amide bonds. The summed E-state index contributed by atoms with van der Waals surface area (Å²) in [6.45, 7) is 0. The maximum absolute atomic E-state index is 2.35. The van der Waals surface area contributed by atoms with Crippen LogP contribution in [0.25, 0.3) is 0 Å². The Kier molecular flexibility index (Phi) is 5.54. The number of rotatable bonds is 4. The summed E-state index contributed by atoms with van der Waals surface area (Å²) in [4.78, 5) is 0. The van der Waals surface area contributed by atoms with E-state index < -0.39 is 7.26 Å². The van der Waals surface area contributed by atoms with Gasteiger partial charge in [-0.1, -0.05) is 54.6 Å². The van der Waals surface area contributed by atoms with E-state index in [2.05, 4.69) is 91.0 Å². The molecule has 0 nitrogen and oxygen atoms in total. The largest absolute Gasteiger partial charge is 0.115 e. The summed E-state index contributed by atoms with van der Waals surface area (Å²) in [5, 5.41) is 4.59. The minimum atomic E-state index is -1.56. The third-order valence-corrected chi connectivity index (χ3v) is 10.1. The minimum Gasteiger partial charge on any atom is -0.114 e. The first-order chi connectivity index (χ1) is 11.4. The van der Waals surface area contributed by atoms with E-state index in [1.54, 1.807) is 0 Å². The monoisotopic (exact) mass is 397 g/mol. The van der Waals surface area contributed by atoms with Crippen LogP contribution in [0.4, 0.5) is 0 Å². The third-order valence-electron chi connectivity index (χ3n) is 5.11. The quantitative estimate of drug-likeness (QED) is 0.536. The lowest BCUT2D eigenvalue weighted by Gasteiger charge is -2.39. The average Bonchev–Trinajstić information content (AvgIpc) is 2.60. The normalized spacial score (nSPS) is 14.5. The lowest BCUT2D eigenvalue weighted by atomic mass is 10.00. The highest BCUT2D eigenvalue weighted by atomic mass is 79.9. The number of hydrogen-bond acceptors (Lipinski definition) is 0. The van der Waals surface area contributed by atoms with Crippen LogP contribution >= 0.6 is 24.2 Å². The Labute approximate surface area is 156 Å². The molecule has 0 atom stereocenters. The zero-order valence-corrected chi connectivity index (χ0v) is 16.3. The van der Waals surface area contributed by atoms with Crippen molar-refractivity contribution in [3.8, 4) is 0 Å². The first-order valence-corrected chi connectivity index (χ1v) is 10.3. The third kappa shape index (κ3) is 2.85. The molecule has 122 valence electrons. The van der Waals surface area contributed by atoms with Crippen molar-refractivity contribution in [1.29, 1.82) is 0 Å². The molecule has 1 aliphatic rings. The zero-order chi connectivity index (χ0) is 15.5. The molecule has 3 aromatic carbocycles. The Bertz CT molecular complexity index is 655. The van der Waals surface area contributed by atoms with Gasteiger partial charge in [0.05, 0.1) is 5.66 Å². The van der Waals surface area contributed by atoms with E-state index in [-0.39, 0.29) is 17.0 Å². The highest BCUT2D eigenvalue weighted by Gasteiger charge is 2.54. The molecule has 0 spiro atoms. The van der Waals surface area contributed by atoms with Gasteiger partial charge in [0.1, 0.15) is 23.2 Å². The van der Waals surface area contributed by atoms with Crippen LogP contribution in [0.3, 0.4) is 0 Å². The molecule has 2 heteroatoms. The molecule has 4 rings (SSSR count). The van der Waals surface area contributed by atoms with Gasteiger partial charge in [-0.15, -0.1) is 17.0 Å². The summed E-state index contributed by atoms with van der Waals surface area (Å²) < 4.78 is 0. The van der Waals surface area contributed by atoms with Crippen molar-refractivity contribution in [3.05, 3.63) is 91.0 Å². The summed E-state index contributed by atoms with van der Waals surface area (Å²) in [5.74, 6) is 0. The van der Waals surface area contributed by atoms with E-state index in [4.69, 9.17) is 0 Å². The second kappa shape index (κ2) is 7.64. The van der Waals surface area contributed by atoms with Crippen LogP contribution in [0, 0.1) is 0 Å². The molecule has 24 heavy (non-hydrogen) atoms. The van der Waals surface area contributed by atoms with Crippen molar-refractivity contribution in [1.82, 2.24) is 0 Å². The van der Waals surface area contributed by atoms with E-state index in [0.29, 0.717) is 0 Å². The second-order valence-electron chi connectivity index (χ2n) is 6.31. The Morgan fingerprint density at radius 3 is 1.12 bits per heavy atom. The second-order valence-corrected chi connectivity index (χ2v) is 10.0. The van der Waals surface area contributed by atoms with E-state index in [0.717, 1.165) is 5.66 Å². The van der Waals surface area contributed by atoms with Crippen molar-refractivity contribution in [2.75, 3.05) is 0 Å². The fourth-order valence-electron chi connectivity index (χ4n) is 3.84. The summed E-state index contributed by atoms with van der Waals surface area (Å²) in [6, 6.07) is 33.7. The van der Waals surface area contributed by atoms with Gasteiger partial charge in [-0.3, -0.25) is 0 Å². The van der Waals surface area contributed by atoms with E-state index in [9.17, 15) is 0 Å². The zero-order valence-electron chi connectivity index (χ0n) is 13.7. The van der Waals surface area contributed by atoms with Gasteiger partial charge < -0.3 is 0 Å². The molecular weight excluding hydrogens is 375 g/mol. The maximum Gasteiger partial charge on any atom is 0.115 e. The van der Waals surface area contributed by atoms with Gasteiger partial charge in [0, 0.05) is 0 Å². The molecule has 1 fully saturated rings. The highest BCUT2D eigenvalue weighted by molar-refractivity contribution is 8.93. The smallest absolute Gasteiger partial charge is 0.114 e. The number of hydrogen-bond donors (Lipinski definition) is 0. The van der Waals surface area contributed by atoms with E-state index >= 15 is 0 Å². The van der Waals surface area contributed by atoms with E-state index in [1.807, 2.05) is 0 Å². The van der Waals surface area contributed by atoms with Gasteiger partial charge in [-0.2, -0.15) is 0 Å². The van der Waals surface area contributed by atoms with Crippen LogP contribution in [0.15, 0.2) is 91.0 Å². The molecular formula is C22H23BrP+. The number of halogens is 1. The minimum absolute atomic E-state index is 0. The predicted molar refractivity (Wildman–Crippen MR) is 113 cm³/mol.